The molecule has 27 heavy (non-hydrogen) atoms. The molecule has 0 unspecified atom stereocenters. The predicted molar refractivity (Wildman–Crippen MR) is 106 cm³/mol. The lowest BCUT2D eigenvalue weighted by atomic mass is 10.1. The minimum absolute atomic E-state index is 0.141. The quantitative estimate of drug-likeness (QED) is 0.505. The number of hydrogen-bond donors (Lipinski definition) is 3. The Morgan fingerprint density at radius 2 is 1.63 bits per heavy atom. The summed E-state index contributed by atoms with van der Waals surface area (Å²) in [6, 6.07) is 19.1. The van der Waals surface area contributed by atoms with Gasteiger partial charge in [-0.05, 0) is 66.9 Å². The number of nitrogens with zero attached hydrogens (tertiary/aromatic N) is 3. The van der Waals surface area contributed by atoms with Gasteiger partial charge >= 0.3 is 0 Å². The van der Waals surface area contributed by atoms with Crippen LogP contribution in [0.15, 0.2) is 60.7 Å². The molecule has 0 aliphatic rings. The summed E-state index contributed by atoms with van der Waals surface area (Å²) in [5.74, 6) is 0.141. The summed E-state index contributed by atoms with van der Waals surface area (Å²) in [5.41, 5.74) is 6.02. The number of phenolic OH excluding ortho intramolecular Hbond substituents is 1. The van der Waals surface area contributed by atoms with Crippen molar-refractivity contribution in [1.82, 2.24) is 15.0 Å². The van der Waals surface area contributed by atoms with Crippen LogP contribution < -0.4 is 5.32 Å². The van der Waals surface area contributed by atoms with E-state index in [1.165, 1.54) is 4.80 Å². The molecule has 0 saturated heterocycles. The van der Waals surface area contributed by atoms with E-state index in [1.54, 1.807) is 6.07 Å². The average molecular weight is 360 g/mol. The number of aliphatic hydroxyl groups is 1. The molecule has 3 aromatic carbocycles. The molecule has 1 aromatic heterocycles. The number of nitrogens with one attached hydrogen (secondary N) is 1. The van der Waals surface area contributed by atoms with Crippen molar-refractivity contribution in [3.05, 3.63) is 71.8 Å². The van der Waals surface area contributed by atoms with E-state index >= 15 is 0 Å². The molecule has 136 valence electrons. The van der Waals surface area contributed by atoms with Gasteiger partial charge in [0.15, 0.2) is 0 Å². The molecule has 0 saturated carbocycles. The van der Waals surface area contributed by atoms with E-state index in [1.807, 2.05) is 61.5 Å². The van der Waals surface area contributed by atoms with Gasteiger partial charge in [-0.15, -0.1) is 15.0 Å². The van der Waals surface area contributed by atoms with Gasteiger partial charge in [0.25, 0.3) is 0 Å². The number of aromatic hydroxyl groups is 1. The maximum atomic E-state index is 10.1. The van der Waals surface area contributed by atoms with E-state index in [-0.39, 0.29) is 12.4 Å². The summed E-state index contributed by atoms with van der Waals surface area (Å²) >= 11 is 0. The van der Waals surface area contributed by atoms with Gasteiger partial charge in [0, 0.05) is 18.0 Å². The molecule has 0 amide bonds. The largest absolute Gasteiger partial charge is 0.506 e. The average Bonchev–Trinajstić information content (AvgIpc) is 3.08. The van der Waals surface area contributed by atoms with E-state index in [0.717, 1.165) is 33.5 Å². The third-order valence-corrected chi connectivity index (χ3v) is 4.37. The highest BCUT2D eigenvalue weighted by Crippen LogP contribution is 2.25. The molecule has 6 nitrogen and oxygen atoms in total. The first-order valence-electron chi connectivity index (χ1n) is 8.76. The Hall–Kier alpha value is -3.38. The molecule has 0 spiro atoms. The fraction of sp³-hybridized carbons (Fsp3) is 0.143. The van der Waals surface area contributed by atoms with Crippen LogP contribution in [0.5, 0.6) is 5.75 Å². The number of phenols is 1. The van der Waals surface area contributed by atoms with Gasteiger partial charge in [0.2, 0.25) is 0 Å². The zero-order valence-corrected chi connectivity index (χ0v) is 14.9. The molecule has 0 atom stereocenters. The second-order valence-electron chi connectivity index (χ2n) is 6.48. The lowest BCUT2D eigenvalue weighted by Gasteiger charge is -2.07. The number of aliphatic hydroxyl groups excluding tert-OH is 1. The van der Waals surface area contributed by atoms with Crippen molar-refractivity contribution in [2.24, 2.45) is 0 Å². The number of aromatic nitrogens is 3. The van der Waals surface area contributed by atoms with Gasteiger partial charge in [-0.25, -0.2) is 0 Å². The highest BCUT2D eigenvalue weighted by molar-refractivity contribution is 5.80. The second kappa shape index (κ2) is 7.09. The van der Waals surface area contributed by atoms with E-state index in [4.69, 9.17) is 5.11 Å². The van der Waals surface area contributed by atoms with Crippen LogP contribution in [0, 0.1) is 6.92 Å². The van der Waals surface area contributed by atoms with Crippen molar-refractivity contribution in [2.75, 3.05) is 11.9 Å². The normalized spacial score (nSPS) is 11.0. The van der Waals surface area contributed by atoms with Crippen molar-refractivity contribution in [2.45, 2.75) is 13.3 Å². The number of hydrogen-bond acceptors (Lipinski definition) is 5. The number of fused-ring (bicyclic) bond motifs is 1. The van der Waals surface area contributed by atoms with Crippen LogP contribution in [0.25, 0.3) is 16.7 Å². The van der Waals surface area contributed by atoms with Crippen molar-refractivity contribution in [3.8, 4) is 11.4 Å². The Labute approximate surface area is 156 Å². The standard InChI is InChI=1S/C21H20N4O2/c1-14-2-9-21(27)20(12-14)25-23-18-8-7-17(13-19(18)24-25)22-16-5-3-15(4-6-16)10-11-26/h2-9,12-13,22,26-27H,10-11H2,1H3. The number of benzene rings is 3. The summed E-state index contributed by atoms with van der Waals surface area (Å²) in [4.78, 5) is 1.46. The number of anilines is 2. The molecular weight excluding hydrogens is 340 g/mol. The van der Waals surface area contributed by atoms with Gasteiger partial charge < -0.3 is 15.5 Å². The van der Waals surface area contributed by atoms with Crippen LogP contribution in [0.4, 0.5) is 11.4 Å². The Morgan fingerprint density at radius 1 is 0.889 bits per heavy atom. The van der Waals surface area contributed by atoms with Crippen molar-refractivity contribution >= 4 is 22.4 Å². The molecule has 4 rings (SSSR count). The second-order valence-corrected chi connectivity index (χ2v) is 6.48. The molecular formula is C21H20N4O2. The lowest BCUT2D eigenvalue weighted by Crippen LogP contribution is -1.99. The van der Waals surface area contributed by atoms with E-state index < -0.39 is 0 Å². The molecule has 3 N–H and O–H groups in total. The van der Waals surface area contributed by atoms with E-state index in [0.29, 0.717) is 12.1 Å². The molecule has 0 aliphatic carbocycles. The molecule has 1 heterocycles. The first-order chi connectivity index (χ1) is 13.1. The summed E-state index contributed by atoms with van der Waals surface area (Å²) in [6.45, 7) is 2.11. The van der Waals surface area contributed by atoms with Crippen molar-refractivity contribution in [1.29, 1.82) is 0 Å². The number of rotatable bonds is 5. The third-order valence-electron chi connectivity index (χ3n) is 4.37. The van der Waals surface area contributed by atoms with E-state index in [9.17, 15) is 5.11 Å². The Kier molecular flexibility index (Phi) is 4.48. The fourth-order valence-electron chi connectivity index (χ4n) is 2.94. The molecule has 0 bridgehead atoms. The summed E-state index contributed by atoms with van der Waals surface area (Å²) in [6.07, 6.45) is 0.654. The summed E-state index contributed by atoms with van der Waals surface area (Å²) in [5, 5.41) is 31.4. The Morgan fingerprint density at radius 3 is 2.41 bits per heavy atom. The van der Waals surface area contributed by atoms with Crippen molar-refractivity contribution < 1.29 is 10.2 Å². The van der Waals surface area contributed by atoms with E-state index in [2.05, 4.69) is 15.5 Å². The number of aryl methyl sites for hydroxylation is 1. The SMILES string of the molecule is Cc1ccc(O)c(-n2nc3ccc(Nc4ccc(CCO)cc4)cc3n2)c1. The smallest absolute Gasteiger partial charge is 0.143 e. The fourth-order valence-corrected chi connectivity index (χ4v) is 2.94. The highest BCUT2D eigenvalue weighted by atomic mass is 16.3. The third kappa shape index (κ3) is 3.61. The zero-order valence-electron chi connectivity index (χ0n) is 14.9. The summed E-state index contributed by atoms with van der Waals surface area (Å²) in [7, 11) is 0. The molecule has 0 radical (unpaired) electrons. The lowest BCUT2D eigenvalue weighted by molar-refractivity contribution is 0.299. The maximum Gasteiger partial charge on any atom is 0.143 e. The monoisotopic (exact) mass is 360 g/mol. The van der Waals surface area contributed by atoms with Gasteiger partial charge in [-0.2, -0.15) is 0 Å². The minimum Gasteiger partial charge on any atom is -0.506 e. The van der Waals surface area contributed by atoms with Crippen LogP contribution in [0.2, 0.25) is 0 Å². The van der Waals surface area contributed by atoms with Crippen LogP contribution in [-0.4, -0.2) is 31.8 Å². The topological polar surface area (TPSA) is 83.2 Å². The molecule has 4 aromatic rings. The minimum atomic E-state index is 0.141. The predicted octanol–water partition coefficient (Wildman–Crippen LogP) is 3.71. The van der Waals surface area contributed by atoms with Gasteiger partial charge in [-0.1, -0.05) is 18.2 Å². The van der Waals surface area contributed by atoms with Gasteiger partial charge in [0.1, 0.15) is 22.5 Å². The van der Waals surface area contributed by atoms with Crippen LogP contribution in [0.3, 0.4) is 0 Å². The maximum absolute atomic E-state index is 10.1. The molecule has 6 heteroatoms. The summed E-state index contributed by atoms with van der Waals surface area (Å²) < 4.78 is 0. The Balaban J connectivity index is 1.61. The zero-order chi connectivity index (χ0) is 18.8. The first-order valence-corrected chi connectivity index (χ1v) is 8.76. The van der Waals surface area contributed by atoms with Crippen LogP contribution >= 0.6 is 0 Å². The Bertz CT molecular complexity index is 1090. The van der Waals surface area contributed by atoms with Gasteiger partial charge in [0.05, 0.1) is 0 Å². The molecule has 0 aliphatic heterocycles. The van der Waals surface area contributed by atoms with Crippen LogP contribution in [0.1, 0.15) is 11.1 Å². The molecule has 0 fully saturated rings. The first kappa shape index (κ1) is 17.1. The highest BCUT2D eigenvalue weighted by Gasteiger charge is 2.10. The van der Waals surface area contributed by atoms with Crippen molar-refractivity contribution in [3.63, 3.8) is 0 Å². The van der Waals surface area contributed by atoms with Crippen LogP contribution in [-0.2, 0) is 6.42 Å². The van der Waals surface area contributed by atoms with Gasteiger partial charge in [-0.3, -0.25) is 0 Å².